The summed E-state index contributed by atoms with van der Waals surface area (Å²) >= 11 is 0. The van der Waals surface area contributed by atoms with Crippen molar-refractivity contribution in [3.05, 3.63) is 74.1 Å². The highest BCUT2D eigenvalue weighted by Crippen LogP contribution is 2.37. The van der Waals surface area contributed by atoms with Gasteiger partial charge in [-0.3, -0.25) is 14.7 Å². The number of fused-ring (bicyclic) bond motifs is 1. The molecular formula is C28H35N5O2. The Morgan fingerprint density at radius 2 is 1.91 bits per heavy atom. The van der Waals surface area contributed by atoms with Crippen molar-refractivity contribution in [2.24, 2.45) is 0 Å². The first-order chi connectivity index (χ1) is 16.6. The van der Waals surface area contributed by atoms with E-state index >= 15 is 0 Å². The Bertz CT molecular complexity index is 1450. The number of carbonyl (C=O) groups excluding carboxylic acids is 1. The van der Waals surface area contributed by atoms with Gasteiger partial charge >= 0.3 is 0 Å². The second-order valence-corrected chi connectivity index (χ2v) is 9.70. The summed E-state index contributed by atoms with van der Waals surface area (Å²) in [6.45, 7) is 14.4. The Labute approximate surface area is 206 Å². The fourth-order valence-corrected chi connectivity index (χ4v) is 5.07. The molecule has 0 bridgehead atoms. The number of H-pyrrole nitrogens is 2. The van der Waals surface area contributed by atoms with Crippen LogP contribution in [0.1, 0.15) is 77.4 Å². The van der Waals surface area contributed by atoms with Gasteiger partial charge in [-0.25, -0.2) is 0 Å². The molecule has 3 N–H and O–H groups in total. The van der Waals surface area contributed by atoms with Gasteiger partial charge in [0, 0.05) is 52.2 Å². The van der Waals surface area contributed by atoms with E-state index in [-0.39, 0.29) is 24.1 Å². The molecule has 0 atom stereocenters. The van der Waals surface area contributed by atoms with Crippen LogP contribution in [0.15, 0.2) is 29.2 Å². The molecule has 3 heterocycles. The number of aromatic amines is 2. The number of rotatable bonds is 7. The monoisotopic (exact) mass is 473 g/mol. The van der Waals surface area contributed by atoms with Crippen molar-refractivity contribution in [2.45, 2.75) is 73.9 Å². The van der Waals surface area contributed by atoms with Crippen molar-refractivity contribution in [3.63, 3.8) is 0 Å². The minimum Gasteiger partial charge on any atom is -0.348 e. The van der Waals surface area contributed by atoms with Crippen LogP contribution in [0.4, 0.5) is 0 Å². The molecule has 0 unspecified atom stereocenters. The number of carbonyl (C=O) groups is 1. The zero-order valence-corrected chi connectivity index (χ0v) is 21.7. The highest BCUT2D eigenvalue weighted by atomic mass is 16.1. The van der Waals surface area contributed by atoms with E-state index in [1.54, 1.807) is 0 Å². The van der Waals surface area contributed by atoms with Gasteiger partial charge in [0.25, 0.3) is 11.5 Å². The zero-order valence-electron chi connectivity index (χ0n) is 21.7. The van der Waals surface area contributed by atoms with Crippen LogP contribution in [0.3, 0.4) is 0 Å². The molecule has 4 rings (SSSR count). The molecule has 3 aromatic heterocycles. The van der Waals surface area contributed by atoms with Crippen LogP contribution in [0.5, 0.6) is 0 Å². The number of nitrogens with zero attached hydrogens (tertiary/aromatic N) is 2. The molecule has 0 aliphatic heterocycles. The lowest BCUT2D eigenvalue weighted by molar-refractivity contribution is 0.0950. The van der Waals surface area contributed by atoms with Crippen molar-refractivity contribution >= 4 is 16.8 Å². The van der Waals surface area contributed by atoms with Gasteiger partial charge in [0.05, 0.1) is 11.2 Å². The van der Waals surface area contributed by atoms with Crippen molar-refractivity contribution in [1.29, 1.82) is 0 Å². The van der Waals surface area contributed by atoms with E-state index in [9.17, 15) is 9.59 Å². The number of hydrogen-bond donors (Lipinski definition) is 3. The highest BCUT2D eigenvalue weighted by molar-refractivity contribution is 6.07. The van der Waals surface area contributed by atoms with Crippen LogP contribution in [0.25, 0.3) is 22.0 Å². The molecule has 0 fully saturated rings. The quantitative estimate of drug-likeness (QED) is 0.335. The third-order valence-electron chi connectivity index (χ3n) is 6.76. The van der Waals surface area contributed by atoms with Crippen LogP contribution in [0, 0.1) is 27.7 Å². The SMILES string of the molecule is CCCc1cc(C)[nH]c(=O)c1CNC(=O)c1cc(-c2c(C)n[nH]c2C)c2ccn(C(C)C)c2c1C. The van der Waals surface area contributed by atoms with Crippen molar-refractivity contribution in [3.8, 4) is 11.1 Å². The second kappa shape index (κ2) is 9.56. The fourth-order valence-electron chi connectivity index (χ4n) is 5.07. The van der Waals surface area contributed by atoms with E-state index in [0.29, 0.717) is 11.1 Å². The summed E-state index contributed by atoms with van der Waals surface area (Å²) in [4.78, 5) is 29.1. The average molecular weight is 474 g/mol. The summed E-state index contributed by atoms with van der Waals surface area (Å²) in [5.74, 6) is -0.191. The summed E-state index contributed by atoms with van der Waals surface area (Å²) in [6, 6.07) is 6.33. The number of pyridine rings is 1. The molecule has 1 amide bonds. The maximum Gasteiger partial charge on any atom is 0.253 e. The van der Waals surface area contributed by atoms with Crippen LogP contribution in [-0.4, -0.2) is 25.7 Å². The molecular weight excluding hydrogens is 438 g/mol. The molecule has 4 aromatic rings. The Balaban J connectivity index is 1.81. The predicted octanol–water partition coefficient (Wildman–Crippen LogP) is 5.42. The van der Waals surface area contributed by atoms with Crippen molar-refractivity contribution in [2.75, 3.05) is 0 Å². The van der Waals surface area contributed by atoms with Gasteiger partial charge in [-0.15, -0.1) is 0 Å². The summed E-state index contributed by atoms with van der Waals surface area (Å²) in [7, 11) is 0. The van der Waals surface area contributed by atoms with E-state index in [1.807, 2.05) is 39.8 Å². The van der Waals surface area contributed by atoms with Gasteiger partial charge < -0.3 is 14.9 Å². The molecule has 7 nitrogen and oxygen atoms in total. The van der Waals surface area contributed by atoms with Crippen molar-refractivity contribution in [1.82, 2.24) is 25.1 Å². The number of hydrogen-bond acceptors (Lipinski definition) is 3. The van der Waals surface area contributed by atoms with Crippen LogP contribution < -0.4 is 10.9 Å². The molecule has 0 aliphatic rings. The average Bonchev–Trinajstić information content (AvgIpc) is 3.38. The van der Waals surface area contributed by atoms with Gasteiger partial charge in [-0.05, 0) is 82.9 Å². The van der Waals surface area contributed by atoms with Gasteiger partial charge in [0.15, 0.2) is 0 Å². The first-order valence-corrected chi connectivity index (χ1v) is 12.3. The van der Waals surface area contributed by atoms with Gasteiger partial charge in [0.2, 0.25) is 0 Å². The van der Waals surface area contributed by atoms with E-state index in [1.165, 1.54) is 0 Å². The Kier molecular flexibility index (Phi) is 6.70. The third-order valence-corrected chi connectivity index (χ3v) is 6.76. The topological polar surface area (TPSA) is 95.6 Å². The van der Waals surface area contributed by atoms with E-state index < -0.39 is 0 Å². The van der Waals surface area contributed by atoms with Crippen LogP contribution >= 0.6 is 0 Å². The number of aryl methyl sites for hydroxylation is 5. The lowest BCUT2D eigenvalue weighted by atomic mass is 9.93. The molecule has 0 spiro atoms. The number of aromatic nitrogens is 4. The maximum absolute atomic E-state index is 13.6. The van der Waals surface area contributed by atoms with E-state index in [2.05, 4.69) is 58.1 Å². The first kappa shape index (κ1) is 24.5. The largest absolute Gasteiger partial charge is 0.348 e. The lowest BCUT2D eigenvalue weighted by Gasteiger charge is -2.17. The standard InChI is InChI=1S/C28H35N5O2/c1-8-9-20-12-16(4)30-28(35)24(20)14-29-27(34)22-13-23(25-18(6)31-32-19(25)7)21-10-11-33(15(2)3)26(21)17(22)5/h10-13,15H,8-9,14H2,1-7H3,(H,29,34)(H,30,35)(H,31,32). The van der Waals surface area contributed by atoms with Gasteiger partial charge in [-0.1, -0.05) is 13.3 Å². The van der Waals surface area contributed by atoms with Gasteiger partial charge in [-0.2, -0.15) is 5.10 Å². The third kappa shape index (κ3) is 4.43. The normalized spacial score (nSPS) is 11.5. The van der Waals surface area contributed by atoms with Gasteiger partial charge in [0.1, 0.15) is 0 Å². The highest BCUT2D eigenvalue weighted by Gasteiger charge is 2.22. The summed E-state index contributed by atoms with van der Waals surface area (Å²) in [6.07, 6.45) is 3.81. The summed E-state index contributed by atoms with van der Waals surface area (Å²) in [5, 5.41) is 11.6. The molecule has 7 heteroatoms. The number of amides is 1. The molecule has 0 saturated carbocycles. The van der Waals surface area contributed by atoms with E-state index in [4.69, 9.17) is 0 Å². The Hall–Kier alpha value is -3.61. The maximum atomic E-state index is 13.6. The zero-order chi connectivity index (χ0) is 25.4. The van der Waals surface area contributed by atoms with Crippen LogP contribution in [0.2, 0.25) is 0 Å². The minimum atomic E-state index is -0.191. The molecule has 0 radical (unpaired) electrons. The Morgan fingerprint density at radius 1 is 1.17 bits per heavy atom. The summed E-state index contributed by atoms with van der Waals surface area (Å²) < 4.78 is 2.21. The molecule has 184 valence electrons. The molecule has 35 heavy (non-hydrogen) atoms. The fraction of sp³-hybridized carbons (Fsp3) is 0.393. The van der Waals surface area contributed by atoms with Crippen LogP contribution in [-0.2, 0) is 13.0 Å². The van der Waals surface area contributed by atoms with E-state index in [0.717, 1.165) is 63.1 Å². The summed E-state index contributed by atoms with van der Waals surface area (Å²) in [5.41, 5.74) is 8.74. The molecule has 0 aliphatic carbocycles. The minimum absolute atomic E-state index is 0.139. The van der Waals surface area contributed by atoms with Crippen molar-refractivity contribution < 1.29 is 4.79 Å². The lowest BCUT2D eigenvalue weighted by Crippen LogP contribution is -2.29. The first-order valence-electron chi connectivity index (χ1n) is 12.3. The second-order valence-electron chi connectivity index (χ2n) is 9.70. The number of nitrogens with one attached hydrogen (secondary N) is 3. The molecule has 0 saturated heterocycles. The molecule has 1 aromatic carbocycles. The number of benzene rings is 1. The Morgan fingerprint density at radius 3 is 2.54 bits per heavy atom. The predicted molar refractivity (Wildman–Crippen MR) is 141 cm³/mol. The smallest absolute Gasteiger partial charge is 0.253 e.